The number of methoxy groups -OCH3 is 2. The van der Waals surface area contributed by atoms with Gasteiger partial charge in [-0.25, -0.2) is 19.2 Å². The molecule has 1 amide bonds. The predicted octanol–water partition coefficient (Wildman–Crippen LogP) is 3.30. The van der Waals surface area contributed by atoms with Crippen molar-refractivity contribution in [1.29, 1.82) is 0 Å². The van der Waals surface area contributed by atoms with Gasteiger partial charge >= 0.3 is 27.6 Å². The average molecular weight is 974 g/mol. The molecule has 0 aliphatic rings. The summed E-state index contributed by atoms with van der Waals surface area (Å²) in [6.07, 6.45) is 3.33. The van der Waals surface area contributed by atoms with E-state index in [1.54, 1.807) is 56.6 Å². The summed E-state index contributed by atoms with van der Waals surface area (Å²) in [5.74, 6) is 4.49. The first kappa shape index (κ1) is 53.7. The number of carboxylic acid groups (broad SMARTS) is 2. The normalized spacial score (nSPS) is 12.3. The quantitative estimate of drug-likeness (QED) is 0.0244. The van der Waals surface area contributed by atoms with E-state index in [0.29, 0.717) is 28.8 Å². The van der Waals surface area contributed by atoms with E-state index in [9.17, 15) is 38.3 Å². The molecule has 0 saturated carbocycles. The van der Waals surface area contributed by atoms with E-state index in [0.717, 1.165) is 0 Å². The summed E-state index contributed by atoms with van der Waals surface area (Å²) in [6, 6.07) is 9.59. The van der Waals surface area contributed by atoms with E-state index in [-0.39, 0.29) is 114 Å². The Hall–Kier alpha value is -5.92. The molecule has 0 aliphatic heterocycles. The maximum atomic E-state index is 13.4. The van der Waals surface area contributed by atoms with Crippen LogP contribution in [0.25, 0.3) is 11.6 Å². The van der Waals surface area contributed by atoms with Gasteiger partial charge in [-0.3, -0.25) is 23.8 Å². The number of ether oxygens (including phenoxy) is 4. The number of hydrogen-bond acceptors (Lipinski definition) is 17. The van der Waals surface area contributed by atoms with Gasteiger partial charge in [-0.05, 0) is 55.2 Å². The Balaban J connectivity index is 1.82. The number of benzene rings is 1. The summed E-state index contributed by atoms with van der Waals surface area (Å²) in [4.78, 5) is 65.5. The van der Waals surface area contributed by atoms with Crippen LogP contribution in [0.15, 0.2) is 48.8 Å². The minimum absolute atomic E-state index is 0.00365. The maximum Gasteiger partial charge on any atom is 0.524 e. The minimum atomic E-state index is -4.03. The topological polar surface area (TPSA) is 286 Å². The first-order valence-electron chi connectivity index (χ1n) is 20.9. The Morgan fingerprint density at radius 2 is 1.49 bits per heavy atom. The number of aromatic nitrogens is 5. The number of aliphatic carboxylic acids is 2. The summed E-state index contributed by atoms with van der Waals surface area (Å²) >= 11 is 0. The Kier molecular flexibility index (Phi) is 22.2. The van der Waals surface area contributed by atoms with Crippen molar-refractivity contribution < 1.29 is 71.4 Å². The third-order valence-electron chi connectivity index (χ3n) is 8.93. The second kappa shape index (κ2) is 27.7. The van der Waals surface area contributed by atoms with E-state index in [1.165, 1.54) is 39.4 Å². The number of aldehydes is 1. The Bertz CT molecular complexity index is 2360. The maximum absolute atomic E-state index is 13.4. The molecule has 4 N–H and O–H groups in total. The minimum Gasteiger partial charge on any atom is -0.490 e. The molecule has 3 heterocycles. The summed E-state index contributed by atoms with van der Waals surface area (Å²) in [5, 5.41) is 30.5. The van der Waals surface area contributed by atoms with Crippen molar-refractivity contribution in [2.24, 2.45) is 0 Å². The van der Waals surface area contributed by atoms with Gasteiger partial charge in [-0.15, -0.1) is 4.52 Å². The molecule has 0 radical (unpaired) electrons. The molecule has 3 aromatic heterocycles. The van der Waals surface area contributed by atoms with Gasteiger partial charge in [0.15, 0.2) is 11.6 Å². The Labute approximate surface area is 387 Å². The molecule has 4 rings (SSSR count). The molecule has 0 saturated heterocycles. The Morgan fingerprint density at radius 3 is 2.06 bits per heavy atom. The molecular weight excluding hydrogens is 918 g/mol. The zero-order valence-electron chi connectivity index (χ0n) is 37.6. The van der Waals surface area contributed by atoms with Crippen molar-refractivity contribution in [2.45, 2.75) is 39.8 Å². The van der Waals surface area contributed by atoms with Gasteiger partial charge in [0, 0.05) is 64.3 Å². The molecule has 0 fully saturated rings. The number of carbonyl (C=O) groups is 4. The van der Waals surface area contributed by atoms with Crippen LogP contribution < -0.4 is 14.8 Å². The summed E-state index contributed by atoms with van der Waals surface area (Å²) in [7, 11) is -3.19. The lowest BCUT2D eigenvalue weighted by Gasteiger charge is -2.21. The summed E-state index contributed by atoms with van der Waals surface area (Å²) in [6.45, 7) is 3.59. The van der Waals surface area contributed by atoms with Crippen molar-refractivity contribution in [3.8, 4) is 35.0 Å². The highest BCUT2D eigenvalue weighted by Crippen LogP contribution is 2.42. The standard InChI is InChI=1S/C42H54N8O15P2/c1-5-64-66(57)29-48(28-41(54)55)27-34-12-15-50(46-34)39-23-31(22-38(44-39)49-14-11-33(45-49)26-47(16-17-51)30-67(58,59)65-6-2)9-10-32-24-37(63-21-19-61-4)35(25-36(32)62-20-18-60-3)42(56)43-13-7-8-40(52)53/h11-12,14-15,17,22-25H,5-8,13,16,18-21,26-30H2,1-4H3,(H3-,43,52,53,54,55,56,58,59)/p+1. The van der Waals surface area contributed by atoms with Crippen LogP contribution in [-0.2, 0) is 55.1 Å². The van der Waals surface area contributed by atoms with Gasteiger partial charge in [0.2, 0.25) is 6.29 Å². The van der Waals surface area contributed by atoms with Crippen molar-refractivity contribution in [2.75, 3.05) is 86.1 Å². The fourth-order valence-corrected chi connectivity index (χ4v) is 8.20. The molecule has 1 aromatic carbocycles. The van der Waals surface area contributed by atoms with Gasteiger partial charge in [0.1, 0.15) is 43.8 Å². The molecule has 362 valence electrons. The van der Waals surface area contributed by atoms with Crippen LogP contribution in [0.5, 0.6) is 11.5 Å². The van der Waals surface area contributed by atoms with E-state index in [4.69, 9.17) is 38.1 Å². The molecule has 25 heteroatoms. The molecule has 4 aromatic rings. The van der Waals surface area contributed by atoms with Crippen molar-refractivity contribution in [3.63, 3.8) is 0 Å². The number of nitrogens with one attached hydrogen (secondary N) is 1. The van der Waals surface area contributed by atoms with Crippen LogP contribution in [0.4, 0.5) is 0 Å². The number of pyridine rings is 1. The van der Waals surface area contributed by atoms with E-state index in [2.05, 4.69) is 27.4 Å². The lowest BCUT2D eigenvalue weighted by molar-refractivity contribution is -0.138. The third kappa shape index (κ3) is 18.4. The van der Waals surface area contributed by atoms with E-state index < -0.39 is 46.3 Å². The summed E-state index contributed by atoms with van der Waals surface area (Å²) in [5.41, 5.74) is 1.67. The molecular formula is C42H55N8O15P2+. The lowest BCUT2D eigenvalue weighted by Crippen LogP contribution is -2.29. The second-order valence-electron chi connectivity index (χ2n) is 14.3. The highest BCUT2D eigenvalue weighted by molar-refractivity contribution is 7.52. The van der Waals surface area contributed by atoms with E-state index >= 15 is 0 Å². The zero-order chi connectivity index (χ0) is 48.8. The number of carboxylic acids is 2. The smallest absolute Gasteiger partial charge is 0.490 e. The number of amides is 1. The van der Waals surface area contributed by atoms with E-state index in [1.807, 2.05) is 0 Å². The summed E-state index contributed by atoms with van der Waals surface area (Å²) < 4.78 is 60.4. The van der Waals surface area contributed by atoms with Crippen LogP contribution in [-0.4, -0.2) is 160 Å². The number of rotatable bonds is 31. The monoisotopic (exact) mass is 973 g/mol. The van der Waals surface area contributed by atoms with Crippen LogP contribution in [0, 0.1) is 11.8 Å². The highest BCUT2D eigenvalue weighted by Gasteiger charge is 2.26. The molecule has 2 unspecified atom stereocenters. The average Bonchev–Trinajstić information content (AvgIpc) is 3.94. The molecule has 67 heavy (non-hydrogen) atoms. The van der Waals surface area contributed by atoms with Crippen molar-refractivity contribution in [1.82, 2.24) is 39.7 Å². The second-order valence-corrected chi connectivity index (χ2v) is 17.3. The zero-order valence-corrected chi connectivity index (χ0v) is 39.4. The molecule has 0 spiro atoms. The lowest BCUT2D eigenvalue weighted by atomic mass is 10.1. The third-order valence-corrected chi connectivity index (χ3v) is 11.5. The molecule has 23 nitrogen and oxygen atoms in total. The number of hydrogen-bond donors (Lipinski definition) is 4. The van der Waals surface area contributed by atoms with Crippen LogP contribution >= 0.6 is 15.6 Å². The van der Waals surface area contributed by atoms with Crippen LogP contribution in [0.1, 0.15) is 59.6 Å². The molecule has 2 atom stereocenters. The van der Waals surface area contributed by atoms with Gasteiger partial charge in [-0.2, -0.15) is 10.2 Å². The largest absolute Gasteiger partial charge is 0.524 e. The van der Waals surface area contributed by atoms with Gasteiger partial charge < -0.3 is 48.7 Å². The molecule has 0 bridgehead atoms. The first-order valence-corrected chi connectivity index (χ1v) is 24.0. The van der Waals surface area contributed by atoms with Gasteiger partial charge in [0.25, 0.3) is 5.91 Å². The number of carbonyl (C=O) groups excluding carboxylic acids is 2. The first-order chi connectivity index (χ1) is 32.2. The van der Waals surface area contributed by atoms with Crippen LogP contribution in [0.2, 0.25) is 0 Å². The Morgan fingerprint density at radius 1 is 0.866 bits per heavy atom. The number of nitrogens with zero attached hydrogens (tertiary/aromatic N) is 7. The fourth-order valence-electron chi connectivity index (χ4n) is 6.10. The van der Waals surface area contributed by atoms with Gasteiger partial charge in [-0.1, -0.05) is 11.8 Å². The van der Waals surface area contributed by atoms with Gasteiger partial charge in [0.05, 0.1) is 55.5 Å². The molecule has 0 aliphatic carbocycles. The van der Waals surface area contributed by atoms with Crippen molar-refractivity contribution >= 4 is 39.8 Å². The van der Waals surface area contributed by atoms with Crippen molar-refractivity contribution in [3.05, 3.63) is 76.9 Å². The fraction of sp³-hybridized carbons (Fsp3) is 0.452. The predicted molar refractivity (Wildman–Crippen MR) is 240 cm³/mol. The van der Waals surface area contributed by atoms with Crippen LogP contribution in [0.3, 0.4) is 0 Å². The SMILES string of the molecule is CCO[P+](=O)CN(CC(=O)O)Cc1ccn(-c2cc(C#Cc3cc(OCCOC)c(C(=O)NCCCC(=O)O)cc3OCCOC)cc(-n3ccc(CN(CC=O)CP(=O)(O)OCC)n3)n2)n1. The highest BCUT2D eigenvalue weighted by atomic mass is 31.2.